The van der Waals surface area contributed by atoms with Crippen LogP contribution in [0.1, 0.15) is 19.8 Å². The van der Waals surface area contributed by atoms with Crippen molar-refractivity contribution in [2.24, 2.45) is 0 Å². The first-order valence-corrected chi connectivity index (χ1v) is 6.54. The minimum Gasteiger partial charge on any atom is -0.481 e. The van der Waals surface area contributed by atoms with Gasteiger partial charge in [-0.25, -0.2) is 0 Å². The Kier molecular flexibility index (Phi) is 6.18. The van der Waals surface area contributed by atoms with E-state index in [4.69, 9.17) is 5.11 Å². The molecule has 8 nitrogen and oxygen atoms in total. The zero-order chi connectivity index (χ0) is 16.7. The van der Waals surface area contributed by atoms with E-state index in [-0.39, 0.29) is 25.2 Å². The molecular formula is C14H16N2O6. The third-order valence-electron chi connectivity index (χ3n) is 2.88. The third kappa shape index (κ3) is 5.31. The highest BCUT2D eigenvalue weighted by atomic mass is 16.4. The van der Waals surface area contributed by atoms with Crippen molar-refractivity contribution in [2.45, 2.75) is 25.8 Å². The topological polar surface area (TPSA) is 121 Å². The van der Waals surface area contributed by atoms with E-state index in [0.717, 1.165) is 29.2 Å². The smallest absolute Gasteiger partial charge is 0.303 e. The zero-order valence-corrected chi connectivity index (χ0v) is 11.9. The molecule has 3 amide bonds. The summed E-state index contributed by atoms with van der Waals surface area (Å²) in [5.74, 6) is -3.03. The summed E-state index contributed by atoms with van der Waals surface area (Å²) in [4.78, 5) is 57.1. The van der Waals surface area contributed by atoms with Crippen LogP contribution in [-0.2, 0) is 24.0 Å². The summed E-state index contributed by atoms with van der Waals surface area (Å²) in [6, 6.07) is -0.763. The molecule has 0 fully saturated rings. The molecule has 0 aromatic heterocycles. The molecule has 0 saturated carbocycles. The Morgan fingerprint density at radius 1 is 1.23 bits per heavy atom. The minimum absolute atomic E-state index is 0.0190. The van der Waals surface area contributed by atoms with Crippen molar-refractivity contribution in [3.63, 3.8) is 0 Å². The van der Waals surface area contributed by atoms with E-state index in [1.54, 1.807) is 0 Å². The van der Waals surface area contributed by atoms with Crippen molar-refractivity contribution in [1.82, 2.24) is 10.2 Å². The predicted octanol–water partition coefficient (Wildman–Crippen LogP) is -0.594. The first kappa shape index (κ1) is 17.3. The molecular weight excluding hydrogens is 292 g/mol. The summed E-state index contributed by atoms with van der Waals surface area (Å²) in [5.41, 5.74) is 0. The number of aliphatic carboxylic acids is 1. The summed E-state index contributed by atoms with van der Waals surface area (Å²) in [5, 5.41) is 11.2. The van der Waals surface area contributed by atoms with Gasteiger partial charge in [0.15, 0.2) is 5.78 Å². The second kappa shape index (κ2) is 7.87. The van der Waals surface area contributed by atoms with E-state index >= 15 is 0 Å². The van der Waals surface area contributed by atoms with Gasteiger partial charge in [0.05, 0.1) is 6.04 Å². The molecule has 0 aliphatic carbocycles. The second-order valence-corrected chi connectivity index (χ2v) is 4.66. The Bertz CT molecular complexity index is 546. The molecule has 1 heterocycles. The predicted molar refractivity (Wildman–Crippen MR) is 74.5 cm³/mol. The quantitative estimate of drug-likeness (QED) is 0.456. The molecule has 0 aromatic carbocycles. The molecule has 1 rings (SSSR count). The molecule has 1 unspecified atom stereocenters. The molecule has 0 spiro atoms. The number of imide groups is 1. The van der Waals surface area contributed by atoms with Gasteiger partial charge in [-0.05, 0) is 19.4 Å². The normalized spacial score (nSPS) is 15.4. The van der Waals surface area contributed by atoms with Gasteiger partial charge in [0, 0.05) is 31.2 Å². The highest BCUT2D eigenvalue weighted by molar-refractivity contribution is 6.13. The number of amides is 3. The Labute approximate surface area is 126 Å². The van der Waals surface area contributed by atoms with E-state index in [0.29, 0.717) is 0 Å². The van der Waals surface area contributed by atoms with E-state index in [2.05, 4.69) is 5.32 Å². The van der Waals surface area contributed by atoms with Crippen LogP contribution in [0.15, 0.2) is 24.3 Å². The fraction of sp³-hybridized carbons (Fsp3) is 0.357. The van der Waals surface area contributed by atoms with Crippen LogP contribution >= 0.6 is 0 Å². The summed E-state index contributed by atoms with van der Waals surface area (Å²) < 4.78 is 0. The first-order chi connectivity index (χ1) is 10.3. The molecule has 0 bridgehead atoms. The average Bonchev–Trinajstić information content (AvgIpc) is 2.76. The molecule has 1 aliphatic rings. The van der Waals surface area contributed by atoms with Crippen LogP contribution in [0.4, 0.5) is 0 Å². The minimum atomic E-state index is -1.07. The van der Waals surface area contributed by atoms with Gasteiger partial charge < -0.3 is 10.4 Å². The van der Waals surface area contributed by atoms with Gasteiger partial charge in [0.2, 0.25) is 5.91 Å². The Morgan fingerprint density at radius 3 is 2.32 bits per heavy atom. The van der Waals surface area contributed by atoms with Gasteiger partial charge in [0.1, 0.15) is 0 Å². The molecule has 0 saturated heterocycles. The maximum absolute atomic E-state index is 11.6. The third-order valence-corrected chi connectivity index (χ3v) is 2.88. The van der Waals surface area contributed by atoms with Crippen molar-refractivity contribution < 1.29 is 29.1 Å². The number of allylic oxidation sites excluding steroid dienone is 1. The van der Waals surface area contributed by atoms with E-state index in [1.165, 1.54) is 6.92 Å². The van der Waals surface area contributed by atoms with E-state index < -0.39 is 29.7 Å². The SMILES string of the molecule is CC(=O)/C=C\C(=O)NCC(CCC(=O)O)N1C(=O)C=CC1=O. The van der Waals surface area contributed by atoms with Crippen molar-refractivity contribution in [3.8, 4) is 0 Å². The fourth-order valence-electron chi connectivity index (χ4n) is 1.85. The molecule has 1 aliphatic heterocycles. The largest absolute Gasteiger partial charge is 0.481 e. The monoisotopic (exact) mass is 308 g/mol. The number of carboxylic acids is 1. The molecule has 1 atom stereocenters. The first-order valence-electron chi connectivity index (χ1n) is 6.54. The zero-order valence-electron chi connectivity index (χ0n) is 11.9. The van der Waals surface area contributed by atoms with Gasteiger partial charge in [-0.15, -0.1) is 0 Å². The number of nitrogens with zero attached hydrogens (tertiary/aromatic N) is 1. The van der Waals surface area contributed by atoms with Gasteiger partial charge in [-0.1, -0.05) is 0 Å². The highest BCUT2D eigenvalue weighted by Gasteiger charge is 2.31. The van der Waals surface area contributed by atoms with Crippen molar-refractivity contribution >= 4 is 29.5 Å². The Balaban J connectivity index is 2.68. The van der Waals surface area contributed by atoms with Crippen LogP contribution in [-0.4, -0.2) is 52.1 Å². The maximum atomic E-state index is 11.6. The van der Waals surface area contributed by atoms with E-state index in [9.17, 15) is 24.0 Å². The number of ketones is 1. The van der Waals surface area contributed by atoms with Gasteiger partial charge in [-0.2, -0.15) is 0 Å². The number of carbonyl (C=O) groups excluding carboxylic acids is 4. The lowest BCUT2D eigenvalue weighted by molar-refractivity contribution is -0.142. The summed E-state index contributed by atoms with van der Waals surface area (Å²) in [7, 11) is 0. The van der Waals surface area contributed by atoms with Gasteiger partial charge in [0.25, 0.3) is 11.8 Å². The summed E-state index contributed by atoms with van der Waals surface area (Å²) in [6.07, 6.45) is 4.06. The lowest BCUT2D eigenvalue weighted by Gasteiger charge is -2.25. The highest BCUT2D eigenvalue weighted by Crippen LogP contribution is 2.13. The molecule has 8 heteroatoms. The fourth-order valence-corrected chi connectivity index (χ4v) is 1.85. The van der Waals surface area contributed by atoms with Crippen molar-refractivity contribution in [3.05, 3.63) is 24.3 Å². The Hall–Kier alpha value is -2.77. The number of hydrogen-bond acceptors (Lipinski definition) is 5. The van der Waals surface area contributed by atoms with Crippen LogP contribution in [0.2, 0.25) is 0 Å². The lowest BCUT2D eigenvalue weighted by atomic mass is 10.1. The van der Waals surface area contributed by atoms with Crippen LogP contribution in [0, 0.1) is 0 Å². The summed E-state index contributed by atoms with van der Waals surface area (Å²) >= 11 is 0. The number of hydrogen-bond donors (Lipinski definition) is 2. The standard InChI is InChI=1S/C14H16N2O6/c1-9(17)2-4-11(18)15-8-10(3-7-14(21)22)16-12(19)5-6-13(16)20/h2,4-6,10H,3,7-8H2,1H3,(H,15,18)(H,21,22)/b4-2-. The van der Waals surface area contributed by atoms with Crippen LogP contribution < -0.4 is 5.32 Å². The molecule has 22 heavy (non-hydrogen) atoms. The number of carbonyl (C=O) groups is 5. The molecule has 118 valence electrons. The average molecular weight is 308 g/mol. The van der Waals surface area contributed by atoms with Crippen molar-refractivity contribution in [2.75, 3.05) is 6.54 Å². The molecule has 0 aromatic rings. The van der Waals surface area contributed by atoms with E-state index in [1.807, 2.05) is 0 Å². The van der Waals surface area contributed by atoms with Gasteiger partial charge >= 0.3 is 5.97 Å². The molecule has 0 radical (unpaired) electrons. The molecule has 2 N–H and O–H groups in total. The number of carboxylic acid groups (broad SMARTS) is 1. The lowest BCUT2D eigenvalue weighted by Crippen LogP contribution is -2.47. The van der Waals surface area contributed by atoms with Crippen molar-refractivity contribution in [1.29, 1.82) is 0 Å². The second-order valence-electron chi connectivity index (χ2n) is 4.66. The summed E-state index contributed by atoms with van der Waals surface area (Å²) in [6.45, 7) is 1.19. The van der Waals surface area contributed by atoms with Gasteiger partial charge in [-0.3, -0.25) is 28.9 Å². The van der Waals surface area contributed by atoms with Crippen LogP contribution in [0.5, 0.6) is 0 Å². The maximum Gasteiger partial charge on any atom is 0.303 e. The number of rotatable bonds is 8. The Morgan fingerprint density at radius 2 is 1.82 bits per heavy atom. The van der Waals surface area contributed by atoms with Crippen LogP contribution in [0.3, 0.4) is 0 Å². The number of nitrogens with one attached hydrogen (secondary N) is 1. The van der Waals surface area contributed by atoms with Crippen LogP contribution in [0.25, 0.3) is 0 Å².